The molecule has 0 radical (unpaired) electrons. The van der Waals surface area contributed by atoms with E-state index >= 15 is 0 Å². The maximum absolute atomic E-state index is 10.9. The van der Waals surface area contributed by atoms with Gasteiger partial charge in [0.25, 0.3) is 0 Å². The van der Waals surface area contributed by atoms with Gasteiger partial charge in [0, 0.05) is 17.9 Å². The van der Waals surface area contributed by atoms with E-state index in [0.29, 0.717) is 23.4 Å². The number of carboxylic acids is 1. The molecular weight excluding hydrogens is 240 g/mol. The molecule has 0 amide bonds. The highest BCUT2D eigenvalue weighted by Crippen LogP contribution is 2.23. The Labute approximate surface area is 115 Å². The molecule has 0 spiro atoms. The number of hydrogen-bond acceptors (Lipinski definition) is 3. The Morgan fingerprint density at radius 3 is 2.26 bits per heavy atom. The zero-order chi connectivity index (χ0) is 14.6. The molecule has 4 heteroatoms. The van der Waals surface area contributed by atoms with Crippen molar-refractivity contribution in [2.24, 2.45) is 17.8 Å². The second kappa shape index (κ2) is 6.45. The second-order valence-corrected chi connectivity index (χ2v) is 5.64. The molecule has 4 N–H and O–H groups in total. The minimum atomic E-state index is -0.994. The number of nitrogens with one attached hydrogen (secondary N) is 1. The van der Waals surface area contributed by atoms with Crippen molar-refractivity contribution in [3.63, 3.8) is 0 Å². The lowest BCUT2D eigenvalue weighted by Gasteiger charge is -2.25. The van der Waals surface area contributed by atoms with Gasteiger partial charge in [-0.1, -0.05) is 27.7 Å². The summed E-state index contributed by atoms with van der Waals surface area (Å²) in [5.74, 6) is 0.776. The number of benzene rings is 1. The average molecular weight is 264 g/mol. The Balaban J connectivity index is 2.73. The van der Waals surface area contributed by atoms with Crippen molar-refractivity contribution < 1.29 is 9.90 Å². The molecule has 1 aromatic rings. The summed E-state index contributed by atoms with van der Waals surface area (Å²) < 4.78 is 0. The van der Waals surface area contributed by atoms with Crippen LogP contribution in [0, 0.1) is 17.8 Å². The Hall–Kier alpha value is -1.71. The van der Waals surface area contributed by atoms with E-state index in [1.807, 2.05) is 0 Å². The number of aromatic carboxylic acids is 1. The normalized spacial score (nSPS) is 11.3. The molecule has 0 aliphatic rings. The van der Waals surface area contributed by atoms with Crippen LogP contribution in [0.4, 0.5) is 11.4 Å². The topological polar surface area (TPSA) is 75.3 Å². The van der Waals surface area contributed by atoms with Crippen LogP contribution in [0.15, 0.2) is 18.2 Å². The fourth-order valence-electron chi connectivity index (χ4n) is 2.34. The summed E-state index contributed by atoms with van der Waals surface area (Å²) >= 11 is 0. The molecular formula is C15H24N2O2. The highest BCUT2D eigenvalue weighted by molar-refractivity contribution is 5.94. The quantitative estimate of drug-likeness (QED) is 0.689. The summed E-state index contributed by atoms with van der Waals surface area (Å²) in [5, 5.41) is 12.3. The molecule has 0 atom stereocenters. The summed E-state index contributed by atoms with van der Waals surface area (Å²) in [5.41, 5.74) is 7.04. The first-order valence-corrected chi connectivity index (χ1v) is 6.69. The van der Waals surface area contributed by atoms with E-state index in [1.54, 1.807) is 18.2 Å². The van der Waals surface area contributed by atoms with Gasteiger partial charge in [0.2, 0.25) is 0 Å². The number of carboxylic acid groups (broad SMARTS) is 1. The molecule has 0 aliphatic heterocycles. The standard InChI is InChI=1S/C15H24N2O2/c1-9(2)13(10(3)4)8-17-11-5-6-12(15(18)19)14(16)7-11/h5-7,9-10,13,17H,8,16H2,1-4H3,(H,18,19). The Morgan fingerprint density at radius 2 is 1.84 bits per heavy atom. The van der Waals surface area contributed by atoms with Gasteiger partial charge in [-0.25, -0.2) is 4.79 Å². The van der Waals surface area contributed by atoms with E-state index in [9.17, 15) is 4.79 Å². The third-order valence-corrected chi connectivity index (χ3v) is 3.54. The second-order valence-electron chi connectivity index (χ2n) is 5.64. The fourth-order valence-corrected chi connectivity index (χ4v) is 2.34. The molecule has 0 saturated heterocycles. The van der Waals surface area contributed by atoms with Crippen molar-refractivity contribution in [3.05, 3.63) is 23.8 Å². The highest BCUT2D eigenvalue weighted by Gasteiger charge is 2.17. The van der Waals surface area contributed by atoms with Gasteiger partial charge < -0.3 is 16.2 Å². The van der Waals surface area contributed by atoms with Crippen LogP contribution in [0.5, 0.6) is 0 Å². The molecule has 106 valence electrons. The van der Waals surface area contributed by atoms with E-state index in [2.05, 4.69) is 33.0 Å². The van der Waals surface area contributed by atoms with Gasteiger partial charge in [0.1, 0.15) is 0 Å². The third kappa shape index (κ3) is 4.16. The van der Waals surface area contributed by atoms with Gasteiger partial charge in [0.05, 0.1) is 5.56 Å². The van der Waals surface area contributed by atoms with E-state index in [4.69, 9.17) is 10.8 Å². The van der Waals surface area contributed by atoms with Crippen molar-refractivity contribution >= 4 is 17.3 Å². The molecule has 4 nitrogen and oxygen atoms in total. The maximum atomic E-state index is 10.9. The zero-order valence-corrected chi connectivity index (χ0v) is 12.1. The Bertz CT molecular complexity index is 434. The molecule has 0 heterocycles. The molecule has 1 rings (SSSR count). The summed E-state index contributed by atoms with van der Waals surface area (Å²) in [7, 11) is 0. The van der Waals surface area contributed by atoms with Crippen molar-refractivity contribution in [1.29, 1.82) is 0 Å². The Morgan fingerprint density at radius 1 is 1.26 bits per heavy atom. The highest BCUT2D eigenvalue weighted by atomic mass is 16.4. The first-order valence-electron chi connectivity index (χ1n) is 6.69. The van der Waals surface area contributed by atoms with Gasteiger partial charge in [-0.2, -0.15) is 0 Å². The van der Waals surface area contributed by atoms with Crippen LogP contribution in [0.25, 0.3) is 0 Å². The van der Waals surface area contributed by atoms with Gasteiger partial charge >= 0.3 is 5.97 Å². The molecule has 0 bridgehead atoms. The number of anilines is 2. The molecule has 1 aromatic carbocycles. The largest absolute Gasteiger partial charge is 0.478 e. The lowest BCUT2D eigenvalue weighted by Crippen LogP contribution is -2.24. The summed E-state index contributed by atoms with van der Waals surface area (Å²) in [6, 6.07) is 4.98. The first-order chi connectivity index (χ1) is 8.82. The van der Waals surface area contributed by atoms with Crippen molar-refractivity contribution in [3.8, 4) is 0 Å². The molecule has 0 aliphatic carbocycles. The Kier molecular flexibility index (Phi) is 5.21. The number of rotatable bonds is 6. The molecule has 0 aromatic heterocycles. The van der Waals surface area contributed by atoms with E-state index in [1.165, 1.54) is 0 Å². The number of nitrogens with two attached hydrogens (primary N) is 1. The fraction of sp³-hybridized carbons (Fsp3) is 0.533. The summed E-state index contributed by atoms with van der Waals surface area (Å²) in [4.78, 5) is 10.9. The third-order valence-electron chi connectivity index (χ3n) is 3.54. The SMILES string of the molecule is CC(C)C(CNc1ccc(C(=O)O)c(N)c1)C(C)C. The van der Waals surface area contributed by atoms with Crippen molar-refractivity contribution in [1.82, 2.24) is 0 Å². The summed E-state index contributed by atoms with van der Waals surface area (Å²) in [6.07, 6.45) is 0. The predicted molar refractivity (Wildman–Crippen MR) is 79.5 cm³/mol. The van der Waals surface area contributed by atoms with E-state index in [0.717, 1.165) is 12.2 Å². The van der Waals surface area contributed by atoms with Gasteiger partial charge in [-0.15, -0.1) is 0 Å². The minimum absolute atomic E-state index is 0.148. The molecule has 19 heavy (non-hydrogen) atoms. The van der Waals surface area contributed by atoms with Crippen LogP contribution in [0.1, 0.15) is 38.1 Å². The molecule has 0 saturated carbocycles. The van der Waals surface area contributed by atoms with Crippen molar-refractivity contribution in [2.45, 2.75) is 27.7 Å². The van der Waals surface area contributed by atoms with E-state index < -0.39 is 5.97 Å². The molecule has 0 unspecified atom stereocenters. The van der Waals surface area contributed by atoms with Gasteiger partial charge in [-0.3, -0.25) is 0 Å². The van der Waals surface area contributed by atoms with Crippen LogP contribution in [0.2, 0.25) is 0 Å². The average Bonchev–Trinajstić information content (AvgIpc) is 2.27. The minimum Gasteiger partial charge on any atom is -0.478 e. The van der Waals surface area contributed by atoms with Crippen LogP contribution < -0.4 is 11.1 Å². The number of carbonyl (C=O) groups is 1. The monoisotopic (exact) mass is 264 g/mol. The number of hydrogen-bond donors (Lipinski definition) is 3. The van der Waals surface area contributed by atoms with Crippen LogP contribution >= 0.6 is 0 Å². The van der Waals surface area contributed by atoms with Crippen molar-refractivity contribution in [2.75, 3.05) is 17.6 Å². The summed E-state index contributed by atoms with van der Waals surface area (Å²) in [6.45, 7) is 9.73. The van der Waals surface area contributed by atoms with Crippen LogP contribution in [0.3, 0.4) is 0 Å². The smallest absolute Gasteiger partial charge is 0.337 e. The van der Waals surface area contributed by atoms with E-state index in [-0.39, 0.29) is 5.56 Å². The van der Waals surface area contributed by atoms with Gasteiger partial charge in [-0.05, 0) is 36.0 Å². The lowest BCUT2D eigenvalue weighted by atomic mass is 9.85. The maximum Gasteiger partial charge on any atom is 0.337 e. The van der Waals surface area contributed by atoms with Gasteiger partial charge in [0.15, 0.2) is 0 Å². The van der Waals surface area contributed by atoms with Crippen LogP contribution in [-0.2, 0) is 0 Å². The zero-order valence-electron chi connectivity index (χ0n) is 12.1. The first kappa shape index (κ1) is 15.3. The molecule has 0 fully saturated rings. The lowest BCUT2D eigenvalue weighted by molar-refractivity contribution is 0.0698. The number of nitrogen functional groups attached to an aromatic ring is 1. The predicted octanol–water partition coefficient (Wildman–Crippen LogP) is 3.31. The van der Waals surface area contributed by atoms with Crippen LogP contribution in [-0.4, -0.2) is 17.6 Å².